The first kappa shape index (κ1) is 17.7. The van der Waals surface area contributed by atoms with Crippen LogP contribution in [0.1, 0.15) is 15.2 Å². The predicted octanol–water partition coefficient (Wildman–Crippen LogP) is 2.29. The highest BCUT2D eigenvalue weighted by Crippen LogP contribution is 2.23. The van der Waals surface area contributed by atoms with Gasteiger partial charge < -0.3 is 9.80 Å². The molecule has 0 aliphatic carbocycles. The minimum Gasteiger partial charge on any atom is -0.351 e. The highest BCUT2D eigenvalue weighted by atomic mass is 32.1. The minimum atomic E-state index is 0.0984. The third-order valence-electron chi connectivity index (χ3n) is 5.05. The summed E-state index contributed by atoms with van der Waals surface area (Å²) < 4.78 is 1.80. The summed E-state index contributed by atoms with van der Waals surface area (Å²) in [5, 5.41) is 10.6. The van der Waals surface area contributed by atoms with Crippen LogP contribution in [0.15, 0.2) is 54.2 Å². The second-order valence-corrected chi connectivity index (χ2v) is 7.81. The maximum atomic E-state index is 12.6. The fourth-order valence-corrected chi connectivity index (χ4v) is 4.24. The number of carbonyl (C=O) groups is 1. The maximum absolute atomic E-state index is 12.6. The van der Waals surface area contributed by atoms with E-state index in [4.69, 9.17) is 0 Å². The van der Waals surface area contributed by atoms with Gasteiger partial charge in [-0.1, -0.05) is 41.6 Å². The van der Waals surface area contributed by atoms with E-state index in [0.717, 1.165) is 21.9 Å². The molecule has 1 saturated heterocycles. The Bertz CT molecular complexity index is 1120. The van der Waals surface area contributed by atoms with Crippen molar-refractivity contribution in [2.24, 2.45) is 0 Å². The van der Waals surface area contributed by atoms with E-state index >= 15 is 0 Å². The van der Waals surface area contributed by atoms with Gasteiger partial charge in [0.15, 0.2) is 17.0 Å². The van der Waals surface area contributed by atoms with E-state index in [1.807, 2.05) is 40.6 Å². The molecule has 1 aliphatic heterocycles. The van der Waals surface area contributed by atoms with Crippen LogP contribution < -0.4 is 4.90 Å². The fourth-order valence-electron chi connectivity index (χ4n) is 3.55. The summed E-state index contributed by atoms with van der Waals surface area (Å²) in [6, 6.07) is 13.9. The van der Waals surface area contributed by atoms with Crippen molar-refractivity contribution >= 4 is 34.2 Å². The lowest BCUT2D eigenvalue weighted by atomic mass is 10.2. The first-order chi connectivity index (χ1) is 14.3. The van der Waals surface area contributed by atoms with E-state index < -0.39 is 0 Å². The summed E-state index contributed by atoms with van der Waals surface area (Å²) in [5.74, 6) is 0.874. The molecule has 1 aromatic carbocycles. The van der Waals surface area contributed by atoms with Gasteiger partial charge in [0.25, 0.3) is 5.91 Å². The zero-order valence-corrected chi connectivity index (χ0v) is 16.5. The molecular formula is C20H19N7OS. The number of hydrogen-bond acceptors (Lipinski definition) is 7. The smallest absolute Gasteiger partial charge is 0.264 e. The molecule has 146 valence electrons. The van der Waals surface area contributed by atoms with Crippen LogP contribution in [0.3, 0.4) is 0 Å². The number of nitrogens with zero attached hydrogens (tertiary/aromatic N) is 7. The van der Waals surface area contributed by atoms with Crippen molar-refractivity contribution in [3.05, 3.63) is 64.6 Å². The van der Waals surface area contributed by atoms with E-state index in [1.165, 1.54) is 11.3 Å². The minimum absolute atomic E-state index is 0.0984. The summed E-state index contributed by atoms with van der Waals surface area (Å²) in [4.78, 5) is 26.3. The number of thiophene rings is 1. The Morgan fingerprint density at radius 3 is 2.59 bits per heavy atom. The number of aromatic nitrogens is 5. The average molecular weight is 405 g/mol. The summed E-state index contributed by atoms with van der Waals surface area (Å²) in [7, 11) is 0. The molecule has 9 heteroatoms. The Labute approximate surface area is 171 Å². The molecular weight excluding hydrogens is 386 g/mol. The molecule has 0 atom stereocenters. The molecule has 0 bridgehead atoms. The molecule has 1 amide bonds. The number of anilines is 1. The second kappa shape index (κ2) is 7.59. The van der Waals surface area contributed by atoms with Gasteiger partial charge in [0, 0.05) is 26.2 Å². The van der Waals surface area contributed by atoms with E-state index in [9.17, 15) is 4.79 Å². The fraction of sp³-hybridized carbons (Fsp3) is 0.250. The number of amides is 1. The number of piperazine rings is 1. The van der Waals surface area contributed by atoms with Crippen LogP contribution >= 0.6 is 11.3 Å². The van der Waals surface area contributed by atoms with Crippen molar-refractivity contribution in [2.45, 2.75) is 6.54 Å². The van der Waals surface area contributed by atoms with Crippen LogP contribution in [0.4, 0.5) is 5.82 Å². The standard InChI is InChI=1S/C20H19N7OS/c28-20(16-7-4-12-29-16)26-10-8-25(9-11-26)18-17-19(22-14-21-18)27(24-23-17)13-15-5-2-1-3-6-15/h1-7,12,14H,8-11,13H2. The lowest BCUT2D eigenvalue weighted by Gasteiger charge is -2.35. The van der Waals surface area contributed by atoms with Gasteiger partial charge in [0.2, 0.25) is 0 Å². The molecule has 0 radical (unpaired) electrons. The number of benzene rings is 1. The summed E-state index contributed by atoms with van der Waals surface area (Å²) in [6.07, 6.45) is 1.56. The van der Waals surface area contributed by atoms with Crippen LogP contribution in [-0.2, 0) is 6.54 Å². The van der Waals surface area contributed by atoms with Crippen molar-refractivity contribution in [3.63, 3.8) is 0 Å². The lowest BCUT2D eigenvalue weighted by Crippen LogP contribution is -2.49. The predicted molar refractivity (Wildman–Crippen MR) is 111 cm³/mol. The Morgan fingerprint density at radius 1 is 1.00 bits per heavy atom. The van der Waals surface area contributed by atoms with Gasteiger partial charge in [0.05, 0.1) is 11.4 Å². The van der Waals surface area contributed by atoms with Crippen LogP contribution in [0.25, 0.3) is 11.2 Å². The molecule has 8 nitrogen and oxygen atoms in total. The highest BCUT2D eigenvalue weighted by molar-refractivity contribution is 7.12. The number of rotatable bonds is 4. The van der Waals surface area contributed by atoms with E-state index in [-0.39, 0.29) is 5.91 Å². The summed E-state index contributed by atoms with van der Waals surface area (Å²) in [6.45, 7) is 3.32. The normalized spacial score (nSPS) is 14.5. The van der Waals surface area contributed by atoms with Crippen LogP contribution in [0.5, 0.6) is 0 Å². The molecule has 1 aliphatic rings. The van der Waals surface area contributed by atoms with E-state index in [0.29, 0.717) is 38.2 Å². The largest absolute Gasteiger partial charge is 0.351 e. The van der Waals surface area contributed by atoms with Crippen LogP contribution in [0.2, 0.25) is 0 Å². The van der Waals surface area contributed by atoms with Gasteiger partial charge in [-0.05, 0) is 17.0 Å². The Morgan fingerprint density at radius 2 is 1.83 bits per heavy atom. The van der Waals surface area contributed by atoms with Crippen LogP contribution in [0, 0.1) is 0 Å². The van der Waals surface area contributed by atoms with Gasteiger partial charge >= 0.3 is 0 Å². The van der Waals surface area contributed by atoms with Crippen molar-refractivity contribution in [1.82, 2.24) is 29.9 Å². The average Bonchev–Trinajstić information content (AvgIpc) is 3.45. The maximum Gasteiger partial charge on any atom is 0.264 e. The molecule has 0 unspecified atom stereocenters. The van der Waals surface area contributed by atoms with Crippen molar-refractivity contribution in [3.8, 4) is 0 Å². The lowest BCUT2D eigenvalue weighted by molar-refractivity contribution is 0.0751. The van der Waals surface area contributed by atoms with Crippen molar-refractivity contribution in [2.75, 3.05) is 31.1 Å². The summed E-state index contributed by atoms with van der Waals surface area (Å²) in [5.41, 5.74) is 2.55. The second-order valence-electron chi connectivity index (χ2n) is 6.86. The molecule has 29 heavy (non-hydrogen) atoms. The van der Waals surface area contributed by atoms with Crippen molar-refractivity contribution in [1.29, 1.82) is 0 Å². The topological polar surface area (TPSA) is 80.0 Å². The summed E-state index contributed by atoms with van der Waals surface area (Å²) >= 11 is 1.48. The van der Waals surface area contributed by atoms with E-state index in [1.54, 1.807) is 11.0 Å². The first-order valence-corrected chi connectivity index (χ1v) is 10.3. The van der Waals surface area contributed by atoms with Gasteiger partial charge in [-0.15, -0.1) is 16.4 Å². The molecule has 0 N–H and O–H groups in total. The molecule has 4 aromatic rings. The number of fused-ring (bicyclic) bond motifs is 1. The van der Waals surface area contributed by atoms with Gasteiger partial charge in [0.1, 0.15) is 6.33 Å². The number of hydrogen-bond donors (Lipinski definition) is 0. The molecule has 4 heterocycles. The third kappa shape index (κ3) is 3.44. The first-order valence-electron chi connectivity index (χ1n) is 9.45. The molecule has 5 rings (SSSR count). The Balaban J connectivity index is 1.34. The molecule has 1 fully saturated rings. The van der Waals surface area contributed by atoms with Gasteiger partial charge in [-0.2, -0.15) is 0 Å². The molecule has 0 spiro atoms. The SMILES string of the molecule is O=C(c1cccs1)N1CCN(c2ncnc3c2nnn3Cc2ccccc2)CC1. The van der Waals surface area contributed by atoms with Crippen molar-refractivity contribution < 1.29 is 4.79 Å². The monoisotopic (exact) mass is 405 g/mol. The Kier molecular flexibility index (Phi) is 4.65. The van der Waals surface area contributed by atoms with Gasteiger partial charge in [-0.25, -0.2) is 14.6 Å². The number of carbonyl (C=O) groups excluding carboxylic acids is 1. The van der Waals surface area contributed by atoms with Gasteiger partial charge in [-0.3, -0.25) is 4.79 Å². The quantitative estimate of drug-likeness (QED) is 0.518. The van der Waals surface area contributed by atoms with E-state index in [2.05, 4.69) is 37.3 Å². The molecule has 3 aromatic heterocycles. The molecule has 0 saturated carbocycles. The third-order valence-corrected chi connectivity index (χ3v) is 5.91. The zero-order valence-electron chi connectivity index (χ0n) is 15.7. The highest BCUT2D eigenvalue weighted by Gasteiger charge is 2.25. The Hall–Kier alpha value is -3.33. The van der Waals surface area contributed by atoms with Crippen LogP contribution in [-0.4, -0.2) is 61.9 Å². The zero-order chi connectivity index (χ0) is 19.6.